The van der Waals surface area contributed by atoms with Gasteiger partial charge in [0.2, 0.25) is 5.88 Å². The van der Waals surface area contributed by atoms with E-state index in [4.69, 9.17) is 4.74 Å². The molecule has 0 bridgehead atoms. The molecule has 0 aliphatic heterocycles. The normalized spacial score (nSPS) is 10.1. The first-order valence-corrected chi connectivity index (χ1v) is 4.96. The third kappa shape index (κ3) is 1.33. The summed E-state index contributed by atoms with van der Waals surface area (Å²) in [5, 5.41) is 2.94. The van der Waals surface area contributed by atoms with Gasteiger partial charge in [0.25, 0.3) is 0 Å². The van der Waals surface area contributed by atoms with E-state index in [-0.39, 0.29) is 0 Å². The number of hydrogen-bond donors (Lipinski definition) is 0. The fourth-order valence-electron chi connectivity index (χ4n) is 0.801. The molecule has 0 aliphatic carbocycles. The summed E-state index contributed by atoms with van der Waals surface area (Å²) >= 11 is 3.01. The predicted molar refractivity (Wildman–Crippen MR) is 49.8 cm³/mol. The van der Waals surface area contributed by atoms with Crippen molar-refractivity contribution in [3.05, 3.63) is 17.6 Å². The Balaban J connectivity index is 2.35. The number of methoxy groups -OCH3 is 1. The van der Waals surface area contributed by atoms with Crippen LogP contribution in [0.5, 0.6) is 5.88 Å². The van der Waals surface area contributed by atoms with E-state index in [1.54, 1.807) is 24.6 Å². The van der Waals surface area contributed by atoms with Crippen molar-refractivity contribution in [2.24, 2.45) is 0 Å². The molecule has 0 saturated carbocycles. The van der Waals surface area contributed by atoms with Gasteiger partial charge in [0.05, 0.1) is 12.0 Å². The summed E-state index contributed by atoms with van der Waals surface area (Å²) in [6.45, 7) is 0. The van der Waals surface area contributed by atoms with Crippen LogP contribution in [0.3, 0.4) is 0 Å². The highest BCUT2D eigenvalue weighted by molar-refractivity contribution is 7.18. The molecule has 2 aromatic heterocycles. The van der Waals surface area contributed by atoms with E-state index in [0.717, 1.165) is 9.88 Å². The van der Waals surface area contributed by atoms with Gasteiger partial charge in [-0.2, -0.15) is 4.37 Å². The van der Waals surface area contributed by atoms with Crippen LogP contribution in [0.1, 0.15) is 0 Å². The smallest absolute Gasteiger partial charge is 0.225 e. The maximum Gasteiger partial charge on any atom is 0.225 e. The summed E-state index contributed by atoms with van der Waals surface area (Å²) < 4.78 is 9.05. The van der Waals surface area contributed by atoms with Crippen LogP contribution in [0.15, 0.2) is 17.6 Å². The molecule has 2 rings (SSSR count). The molecule has 2 heterocycles. The lowest BCUT2D eigenvalue weighted by Gasteiger charge is -1.86. The number of hydrogen-bond acceptors (Lipinski definition) is 5. The Hall–Kier alpha value is -0.940. The van der Waals surface area contributed by atoms with Gasteiger partial charge in [0.1, 0.15) is 5.01 Å². The van der Waals surface area contributed by atoms with Crippen LogP contribution in [0.4, 0.5) is 0 Å². The average molecular weight is 198 g/mol. The van der Waals surface area contributed by atoms with Crippen LogP contribution in [-0.2, 0) is 0 Å². The van der Waals surface area contributed by atoms with Crippen molar-refractivity contribution >= 4 is 22.9 Å². The third-order valence-electron chi connectivity index (χ3n) is 1.34. The molecule has 0 aliphatic rings. The Morgan fingerprint density at radius 3 is 3.00 bits per heavy atom. The van der Waals surface area contributed by atoms with E-state index < -0.39 is 0 Å². The molecule has 0 amide bonds. The topological polar surface area (TPSA) is 35.0 Å². The number of thiazole rings is 1. The molecular formula is C7H6N2OS2. The largest absolute Gasteiger partial charge is 0.480 e. The van der Waals surface area contributed by atoms with Gasteiger partial charge < -0.3 is 4.74 Å². The first-order chi connectivity index (χ1) is 5.90. The zero-order valence-electron chi connectivity index (χ0n) is 6.35. The summed E-state index contributed by atoms with van der Waals surface area (Å²) in [7, 11) is 1.61. The molecule has 0 saturated heterocycles. The first-order valence-electron chi connectivity index (χ1n) is 3.30. The van der Waals surface area contributed by atoms with Gasteiger partial charge in [-0.3, -0.25) is 0 Å². The summed E-state index contributed by atoms with van der Waals surface area (Å²) in [6.07, 6.45) is 1.78. The highest BCUT2D eigenvalue weighted by Crippen LogP contribution is 2.28. The van der Waals surface area contributed by atoms with E-state index in [1.165, 1.54) is 11.5 Å². The van der Waals surface area contributed by atoms with E-state index in [1.807, 2.05) is 11.4 Å². The second-order valence-corrected chi connectivity index (χ2v) is 3.77. The van der Waals surface area contributed by atoms with E-state index in [0.29, 0.717) is 5.88 Å². The molecule has 5 heteroatoms. The van der Waals surface area contributed by atoms with Crippen molar-refractivity contribution < 1.29 is 4.74 Å². The van der Waals surface area contributed by atoms with Crippen LogP contribution in [0.2, 0.25) is 0 Å². The summed E-state index contributed by atoms with van der Waals surface area (Å²) in [4.78, 5) is 5.22. The quantitative estimate of drug-likeness (QED) is 0.742. The van der Waals surface area contributed by atoms with Crippen LogP contribution >= 0.6 is 22.9 Å². The maximum absolute atomic E-state index is 4.97. The first kappa shape index (κ1) is 7.70. The molecule has 3 nitrogen and oxygen atoms in total. The highest BCUT2D eigenvalue weighted by Gasteiger charge is 2.05. The Morgan fingerprint density at radius 2 is 2.42 bits per heavy atom. The van der Waals surface area contributed by atoms with E-state index in [2.05, 4.69) is 9.36 Å². The second-order valence-electron chi connectivity index (χ2n) is 2.07. The van der Waals surface area contributed by atoms with Crippen molar-refractivity contribution in [2.75, 3.05) is 7.11 Å². The average Bonchev–Trinajstić information content (AvgIpc) is 2.75. The molecule has 0 unspecified atom stereocenters. The van der Waals surface area contributed by atoms with Crippen molar-refractivity contribution in [2.45, 2.75) is 0 Å². The number of rotatable bonds is 2. The lowest BCUT2D eigenvalue weighted by atomic mass is 10.5. The van der Waals surface area contributed by atoms with Crippen LogP contribution in [-0.4, -0.2) is 16.5 Å². The summed E-state index contributed by atoms with van der Waals surface area (Å²) in [5.41, 5.74) is 0. The lowest BCUT2D eigenvalue weighted by Crippen LogP contribution is -1.78. The van der Waals surface area contributed by atoms with Crippen molar-refractivity contribution in [1.82, 2.24) is 9.36 Å². The van der Waals surface area contributed by atoms with Gasteiger partial charge in [0, 0.05) is 17.6 Å². The second kappa shape index (κ2) is 3.20. The molecule has 0 atom stereocenters. The van der Waals surface area contributed by atoms with Crippen molar-refractivity contribution in [3.8, 4) is 15.8 Å². The van der Waals surface area contributed by atoms with Gasteiger partial charge in [-0.15, -0.1) is 11.3 Å². The van der Waals surface area contributed by atoms with Gasteiger partial charge in [-0.25, -0.2) is 4.98 Å². The molecule has 0 spiro atoms. The number of ether oxygens (including phenoxy) is 1. The summed E-state index contributed by atoms with van der Waals surface area (Å²) in [6, 6.07) is 1.89. The SMILES string of the molecule is COc1cc(-c2nccs2)sn1. The molecule has 0 radical (unpaired) electrons. The van der Waals surface area contributed by atoms with Gasteiger partial charge in [-0.1, -0.05) is 0 Å². The van der Waals surface area contributed by atoms with Gasteiger partial charge in [-0.05, 0) is 11.5 Å². The minimum atomic E-state index is 0.658. The van der Waals surface area contributed by atoms with E-state index in [9.17, 15) is 0 Å². The monoisotopic (exact) mass is 198 g/mol. The minimum Gasteiger partial charge on any atom is -0.480 e. The molecule has 2 aromatic rings. The Morgan fingerprint density at radius 1 is 1.50 bits per heavy atom. The molecule has 12 heavy (non-hydrogen) atoms. The summed E-state index contributed by atoms with van der Waals surface area (Å²) in [5.74, 6) is 0.658. The molecule has 0 aromatic carbocycles. The zero-order valence-corrected chi connectivity index (χ0v) is 7.98. The molecule has 0 fully saturated rings. The fraction of sp³-hybridized carbons (Fsp3) is 0.143. The van der Waals surface area contributed by atoms with Crippen LogP contribution in [0.25, 0.3) is 9.88 Å². The van der Waals surface area contributed by atoms with Gasteiger partial charge >= 0.3 is 0 Å². The predicted octanol–water partition coefficient (Wildman–Crippen LogP) is 2.28. The maximum atomic E-state index is 4.97. The lowest BCUT2D eigenvalue weighted by molar-refractivity contribution is 0.403. The molecule has 62 valence electrons. The van der Waals surface area contributed by atoms with Gasteiger partial charge in [0.15, 0.2) is 0 Å². The number of aromatic nitrogens is 2. The Bertz CT molecular complexity index is 355. The Labute approximate surface area is 77.8 Å². The highest BCUT2D eigenvalue weighted by atomic mass is 32.1. The van der Waals surface area contributed by atoms with E-state index >= 15 is 0 Å². The molecule has 0 N–H and O–H groups in total. The van der Waals surface area contributed by atoms with Crippen LogP contribution < -0.4 is 4.74 Å². The Kier molecular flexibility index (Phi) is 2.05. The zero-order chi connectivity index (χ0) is 8.39. The van der Waals surface area contributed by atoms with Crippen LogP contribution in [0, 0.1) is 0 Å². The number of nitrogens with zero attached hydrogens (tertiary/aromatic N) is 2. The standard InChI is InChI=1S/C7H6N2OS2/c1-10-6-4-5(12-9-6)7-8-2-3-11-7/h2-4H,1H3. The third-order valence-corrected chi connectivity index (χ3v) is 3.06. The van der Waals surface area contributed by atoms with Crippen molar-refractivity contribution in [3.63, 3.8) is 0 Å². The minimum absolute atomic E-state index is 0.658. The molecular weight excluding hydrogens is 192 g/mol. The van der Waals surface area contributed by atoms with Crippen molar-refractivity contribution in [1.29, 1.82) is 0 Å². The fourth-order valence-corrected chi connectivity index (χ4v) is 2.20.